The predicted molar refractivity (Wildman–Crippen MR) is 92.8 cm³/mol. The van der Waals surface area contributed by atoms with Crippen LogP contribution in [-0.2, 0) is 0 Å². The Hall–Kier alpha value is -0.740. The summed E-state index contributed by atoms with van der Waals surface area (Å²) in [5.74, 6) is 1.37. The molecule has 0 saturated heterocycles. The van der Waals surface area contributed by atoms with Crippen LogP contribution in [0, 0.1) is 0 Å². The molecule has 2 rings (SSSR count). The summed E-state index contributed by atoms with van der Waals surface area (Å²) in [5.41, 5.74) is 1.07. The molecule has 0 spiro atoms. The lowest BCUT2D eigenvalue weighted by molar-refractivity contribution is 0.463. The van der Waals surface area contributed by atoms with Crippen molar-refractivity contribution in [3.63, 3.8) is 0 Å². The average molecular weight is 389 g/mol. The van der Waals surface area contributed by atoms with Gasteiger partial charge in [0, 0.05) is 21.1 Å². The molecule has 0 aliphatic rings. The third-order valence-corrected chi connectivity index (χ3v) is 4.09. The van der Waals surface area contributed by atoms with E-state index in [9.17, 15) is 0 Å². The maximum absolute atomic E-state index is 6.17. The van der Waals surface area contributed by atoms with Gasteiger partial charge in [-0.1, -0.05) is 46.1 Å². The summed E-state index contributed by atoms with van der Waals surface area (Å²) < 4.78 is 6.98. The van der Waals surface area contributed by atoms with E-state index in [0.717, 1.165) is 22.3 Å². The van der Waals surface area contributed by atoms with Crippen molar-refractivity contribution in [3.8, 4) is 11.5 Å². The molecule has 5 heteroatoms. The Labute approximate surface area is 143 Å². The van der Waals surface area contributed by atoms with Crippen LogP contribution in [0.15, 0.2) is 40.9 Å². The summed E-state index contributed by atoms with van der Waals surface area (Å²) in [6.45, 7) is 5.06. The zero-order chi connectivity index (χ0) is 15.4. The molecule has 21 heavy (non-hydrogen) atoms. The molecule has 1 atom stereocenters. The Morgan fingerprint density at radius 2 is 1.86 bits per heavy atom. The number of ether oxygens (including phenoxy) is 1. The first-order valence-corrected chi connectivity index (χ1v) is 8.22. The molecule has 0 bridgehead atoms. The van der Waals surface area contributed by atoms with Gasteiger partial charge in [0.15, 0.2) is 0 Å². The molecule has 0 radical (unpaired) electrons. The number of nitrogens with one attached hydrogen (secondary N) is 1. The Morgan fingerprint density at radius 3 is 2.52 bits per heavy atom. The minimum absolute atomic E-state index is 0.175. The Bertz CT molecular complexity index is 634. The van der Waals surface area contributed by atoms with Crippen LogP contribution in [-0.4, -0.2) is 6.54 Å². The van der Waals surface area contributed by atoms with E-state index in [2.05, 4.69) is 35.1 Å². The second-order valence-electron chi connectivity index (χ2n) is 4.64. The SMILES string of the molecule is CCNC(C)c1cc(Br)ccc1Oc1ccc(Cl)cc1Cl. The van der Waals surface area contributed by atoms with E-state index in [-0.39, 0.29) is 6.04 Å². The summed E-state index contributed by atoms with van der Waals surface area (Å²) >= 11 is 15.6. The van der Waals surface area contributed by atoms with Gasteiger partial charge < -0.3 is 10.1 Å². The molecule has 0 aromatic heterocycles. The van der Waals surface area contributed by atoms with E-state index >= 15 is 0 Å². The minimum Gasteiger partial charge on any atom is -0.455 e. The van der Waals surface area contributed by atoms with Crippen LogP contribution in [0.1, 0.15) is 25.5 Å². The molecule has 0 amide bonds. The molecule has 0 aliphatic heterocycles. The highest BCUT2D eigenvalue weighted by atomic mass is 79.9. The van der Waals surface area contributed by atoms with Crippen molar-refractivity contribution in [2.75, 3.05) is 6.54 Å². The Kier molecular flexibility index (Phi) is 5.94. The van der Waals surface area contributed by atoms with Gasteiger partial charge in [0.2, 0.25) is 0 Å². The Balaban J connectivity index is 2.34. The molecule has 0 heterocycles. The summed E-state index contributed by atoms with van der Waals surface area (Å²) in [5, 5.41) is 4.46. The van der Waals surface area contributed by atoms with E-state index in [1.807, 2.05) is 18.2 Å². The maximum Gasteiger partial charge on any atom is 0.146 e. The van der Waals surface area contributed by atoms with Crippen LogP contribution in [0.4, 0.5) is 0 Å². The number of hydrogen-bond acceptors (Lipinski definition) is 2. The highest BCUT2D eigenvalue weighted by Gasteiger charge is 2.13. The lowest BCUT2D eigenvalue weighted by Crippen LogP contribution is -2.18. The van der Waals surface area contributed by atoms with Crippen LogP contribution in [0.2, 0.25) is 10.0 Å². The van der Waals surface area contributed by atoms with Crippen molar-refractivity contribution in [2.24, 2.45) is 0 Å². The fourth-order valence-corrected chi connectivity index (χ4v) is 2.87. The van der Waals surface area contributed by atoms with Crippen molar-refractivity contribution < 1.29 is 4.74 Å². The van der Waals surface area contributed by atoms with Crippen LogP contribution >= 0.6 is 39.1 Å². The number of halogens is 3. The molecule has 0 saturated carbocycles. The van der Waals surface area contributed by atoms with Gasteiger partial charge in [-0.25, -0.2) is 0 Å². The first-order chi connectivity index (χ1) is 10.0. The average Bonchev–Trinajstić information content (AvgIpc) is 2.43. The van der Waals surface area contributed by atoms with Gasteiger partial charge in [0.05, 0.1) is 5.02 Å². The van der Waals surface area contributed by atoms with Crippen molar-refractivity contribution in [2.45, 2.75) is 19.9 Å². The van der Waals surface area contributed by atoms with Crippen LogP contribution < -0.4 is 10.1 Å². The van der Waals surface area contributed by atoms with E-state index in [0.29, 0.717) is 15.8 Å². The molecule has 2 aromatic carbocycles. The second-order valence-corrected chi connectivity index (χ2v) is 6.40. The summed E-state index contributed by atoms with van der Waals surface area (Å²) in [4.78, 5) is 0. The van der Waals surface area contributed by atoms with Crippen molar-refractivity contribution >= 4 is 39.1 Å². The largest absolute Gasteiger partial charge is 0.455 e. The van der Waals surface area contributed by atoms with E-state index < -0.39 is 0 Å². The third kappa shape index (κ3) is 4.36. The number of benzene rings is 2. The van der Waals surface area contributed by atoms with E-state index in [1.54, 1.807) is 18.2 Å². The van der Waals surface area contributed by atoms with Crippen LogP contribution in [0.3, 0.4) is 0 Å². The normalized spacial score (nSPS) is 12.2. The fourth-order valence-electron chi connectivity index (χ4n) is 2.04. The first-order valence-electron chi connectivity index (χ1n) is 6.67. The lowest BCUT2D eigenvalue weighted by atomic mass is 10.1. The summed E-state index contributed by atoms with van der Waals surface area (Å²) in [6.07, 6.45) is 0. The number of rotatable bonds is 5. The van der Waals surface area contributed by atoms with Crippen molar-refractivity contribution in [1.29, 1.82) is 0 Å². The fraction of sp³-hybridized carbons (Fsp3) is 0.250. The van der Waals surface area contributed by atoms with Gasteiger partial charge in [-0.15, -0.1) is 0 Å². The molecule has 0 aliphatic carbocycles. The standard InChI is InChI=1S/C16H16BrCl2NO/c1-3-20-10(2)13-8-11(17)4-6-15(13)21-16-7-5-12(18)9-14(16)19/h4-10,20H,3H2,1-2H3. The van der Waals surface area contributed by atoms with Crippen molar-refractivity contribution in [3.05, 3.63) is 56.5 Å². The van der Waals surface area contributed by atoms with Crippen LogP contribution in [0.5, 0.6) is 11.5 Å². The second kappa shape index (κ2) is 7.50. The van der Waals surface area contributed by atoms with Crippen molar-refractivity contribution in [1.82, 2.24) is 5.32 Å². The third-order valence-electron chi connectivity index (χ3n) is 3.06. The van der Waals surface area contributed by atoms with Gasteiger partial charge in [0.1, 0.15) is 11.5 Å². The minimum atomic E-state index is 0.175. The zero-order valence-corrected chi connectivity index (χ0v) is 14.9. The molecule has 112 valence electrons. The van der Waals surface area contributed by atoms with Gasteiger partial charge in [0.25, 0.3) is 0 Å². The molecule has 2 nitrogen and oxygen atoms in total. The maximum atomic E-state index is 6.17. The topological polar surface area (TPSA) is 21.3 Å². The molecular formula is C16H16BrCl2NO. The Morgan fingerprint density at radius 1 is 1.14 bits per heavy atom. The highest BCUT2D eigenvalue weighted by molar-refractivity contribution is 9.10. The molecule has 0 fully saturated rings. The smallest absolute Gasteiger partial charge is 0.146 e. The predicted octanol–water partition coefficient (Wildman–Crippen LogP) is 6.22. The van der Waals surface area contributed by atoms with E-state index in [4.69, 9.17) is 27.9 Å². The van der Waals surface area contributed by atoms with E-state index in [1.165, 1.54) is 0 Å². The highest BCUT2D eigenvalue weighted by Crippen LogP contribution is 2.36. The molecule has 2 aromatic rings. The van der Waals surface area contributed by atoms with Gasteiger partial charge >= 0.3 is 0 Å². The van der Waals surface area contributed by atoms with Gasteiger partial charge in [-0.3, -0.25) is 0 Å². The zero-order valence-electron chi connectivity index (χ0n) is 11.8. The molecular weight excluding hydrogens is 373 g/mol. The monoisotopic (exact) mass is 387 g/mol. The molecule has 1 N–H and O–H groups in total. The number of hydrogen-bond donors (Lipinski definition) is 1. The quantitative estimate of drug-likeness (QED) is 0.656. The summed E-state index contributed by atoms with van der Waals surface area (Å²) in [7, 11) is 0. The van der Waals surface area contributed by atoms with Gasteiger partial charge in [-0.2, -0.15) is 0 Å². The molecule has 1 unspecified atom stereocenters. The summed E-state index contributed by atoms with van der Waals surface area (Å²) in [6, 6.07) is 11.3. The van der Waals surface area contributed by atoms with Crippen LogP contribution in [0.25, 0.3) is 0 Å². The lowest BCUT2D eigenvalue weighted by Gasteiger charge is -2.18. The van der Waals surface area contributed by atoms with Gasteiger partial charge in [-0.05, 0) is 49.9 Å². The first kappa shape index (κ1) is 16.6.